The Bertz CT molecular complexity index is 826. The fourth-order valence-electron chi connectivity index (χ4n) is 2.11. The van der Waals surface area contributed by atoms with E-state index in [9.17, 15) is 4.79 Å². The van der Waals surface area contributed by atoms with Crippen LogP contribution in [0.2, 0.25) is 10.0 Å². The summed E-state index contributed by atoms with van der Waals surface area (Å²) in [5.41, 5.74) is 1.95. The van der Waals surface area contributed by atoms with Crippen LogP contribution in [0, 0.1) is 0 Å². The predicted molar refractivity (Wildman–Crippen MR) is 85.9 cm³/mol. The van der Waals surface area contributed by atoms with Gasteiger partial charge in [-0.15, -0.1) is 0 Å². The van der Waals surface area contributed by atoms with Crippen molar-refractivity contribution in [3.8, 4) is 0 Å². The minimum atomic E-state index is -0.0956. The Balaban J connectivity index is 2.15. The standard InChI is InChI=1S/C15H8BrCl2NO/c16-10-6-8(4-5-11(10)17)15(20)9-7-19-13-3-1-2-12(18)14(9)13/h1-7,19H. The average molecular weight is 369 g/mol. The van der Waals surface area contributed by atoms with Gasteiger partial charge in [0.15, 0.2) is 5.78 Å². The number of nitrogens with one attached hydrogen (secondary N) is 1. The van der Waals surface area contributed by atoms with Gasteiger partial charge in [-0.25, -0.2) is 0 Å². The summed E-state index contributed by atoms with van der Waals surface area (Å²) in [6.07, 6.45) is 1.68. The van der Waals surface area contributed by atoms with Gasteiger partial charge in [-0.1, -0.05) is 29.3 Å². The van der Waals surface area contributed by atoms with Crippen LogP contribution in [0.5, 0.6) is 0 Å². The van der Waals surface area contributed by atoms with E-state index in [0.717, 1.165) is 10.9 Å². The summed E-state index contributed by atoms with van der Waals surface area (Å²) in [7, 11) is 0. The van der Waals surface area contributed by atoms with Crippen molar-refractivity contribution in [2.24, 2.45) is 0 Å². The Hall–Kier alpha value is -1.29. The van der Waals surface area contributed by atoms with Crippen molar-refractivity contribution < 1.29 is 4.79 Å². The summed E-state index contributed by atoms with van der Waals surface area (Å²) in [6, 6.07) is 10.6. The molecule has 1 N–H and O–H groups in total. The molecule has 0 bridgehead atoms. The van der Waals surface area contributed by atoms with Crippen LogP contribution in [0.15, 0.2) is 47.1 Å². The minimum absolute atomic E-state index is 0.0956. The number of aromatic amines is 1. The summed E-state index contributed by atoms with van der Waals surface area (Å²) < 4.78 is 0.691. The molecule has 1 heterocycles. The first-order valence-corrected chi connectivity index (χ1v) is 7.38. The van der Waals surface area contributed by atoms with Crippen LogP contribution in [0.3, 0.4) is 0 Å². The second-order valence-electron chi connectivity index (χ2n) is 4.32. The highest BCUT2D eigenvalue weighted by Crippen LogP contribution is 2.30. The van der Waals surface area contributed by atoms with E-state index in [1.54, 1.807) is 30.5 Å². The van der Waals surface area contributed by atoms with E-state index in [-0.39, 0.29) is 5.78 Å². The zero-order valence-electron chi connectivity index (χ0n) is 10.1. The number of H-pyrrole nitrogens is 1. The molecule has 2 aromatic carbocycles. The SMILES string of the molecule is O=C(c1ccc(Cl)c(Br)c1)c1c[nH]c2cccc(Cl)c12. The van der Waals surface area contributed by atoms with Crippen LogP contribution in [0.1, 0.15) is 15.9 Å². The third-order valence-corrected chi connectivity index (χ3v) is 4.61. The number of carbonyl (C=O) groups excluding carboxylic acids is 1. The lowest BCUT2D eigenvalue weighted by Gasteiger charge is -2.03. The summed E-state index contributed by atoms with van der Waals surface area (Å²) in [6.45, 7) is 0. The van der Waals surface area contributed by atoms with Crippen LogP contribution >= 0.6 is 39.1 Å². The molecule has 3 aromatic rings. The molecule has 0 aliphatic carbocycles. The second kappa shape index (κ2) is 5.24. The van der Waals surface area contributed by atoms with E-state index >= 15 is 0 Å². The van der Waals surface area contributed by atoms with E-state index in [1.165, 1.54) is 0 Å². The maximum atomic E-state index is 12.6. The zero-order valence-corrected chi connectivity index (χ0v) is 13.2. The van der Waals surface area contributed by atoms with E-state index < -0.39 is 0 Å². The maximum absolute atomic E-state index is 12.6. The first kappa shape index (κ1) is 13.7. The molecule has 0 fully saturated rings. The van der Waals surface area contributed by atoms with Gasteiger partial charge in [-0.2, -0.15) is 0 Å². The minimum Gasteiger partial charge on any atom is -0.360 e. The van der Waals surface area contributed by atoms with Gasteiger partial charge < -0.3 is 4.98 Å². The normalized spacial score (nSPS) is 10.9. The molecule has 1 aromatic heterocycles. The molecule has 100 valence electrons. The summed E-state index contributed by atoms with van der Waals surface area (Å²) in [4.78, 5) is 15.7. The van der Waals surface area contributed by atoms with Gasteiger partial charge in [-0.3, -0.25) is 4.79 Å². The molecule has 0 spiro atoms. The van der Waals surface area contributed by atoms with Gasteiger partial charge in [0.1, 0.15) is 0 Å². The molecule has 0 aliphatic rings. The van der Waals surface area contributed by atoms with Crippen molar-refractivity contribution in [2.45, 2.75) is 0 Å². The topological polar surface area (TPSA) is 32.9 Å². The number of rotatable bonds is 2. The molecule has 3 rings (SSSR count). The molecule has 0 radical (unpaired) electrons. The number of hydrogen-bond donors (Lipinski definition) is 1. The first-order valence-electron chi connectivity index (χ1n) is 5.83. The van der Waals surface area contributed by atoms with E-state index in [4.69, 9.17) is 23.2 Å². The largest absolute Gasteiger partial charge is 0.360 e. The van der Waals surface area contributed by atoms with E-state index in [2.05, 4.69) is 20.9 Å². The zero-order chi connectivity index (χ0) is 14.3. The molecular weight excluding hydrogens is 361 g/mol. The second-order valence-corrected chi connectivity index (χ2v) is 5.99. The lowest BCUT2D eigenvalue weighted by Crippen LogP contribution is -2.00. The third kappa shape index (κ3) is 2.26. The quantitative estimate of drug-likeness (QED) is 0.598. The highest BCUT2D eigenvalue weighted by Gasteiger charge is 2.16. The number of halogens is 3. The molecule has 0 aliphatic heterocycles. The van der Waals surface area contributed by atoms with Crippen molar-refractivity contribution >= 4 is 55.8 Å². The van der Waals surface area contributed by atoms with Gasteiger partial charge in [0.05, 0.1) is 10.0 Å². The van der Waals surface area contributed by atoms with Crippen LogP contribution in [0.25, 0.3) is 10.9 Å². The first-order chi connectivity index (χ1) is 9.58. The number of aromatic nitrogens is 1. The third-order valence-electron chi connectivity index (χ3n) is 3.08. The Labute approximate surface area is 133 Å². The fourth-order valence-corrected chi connectivity index (χ4v) is 2.88. The summed E-state index contributed by atoms with van der Waals surface area (Å²) >= 11 is 15.5. The van der Waals surface area contributed by atoms with Gasteiger partial charge in [0.25, 0.3) is 0 Å². The highest BCUT2D eigenvalue weighted by molar-refractivity contribution is 9.10. The van der Waals surface area contributed by atoms with Gasteiger partial charge in [0, 0.05) is 32.7 Å². The molecule has 20 heavy (non-hydrogen) atoms. The number of fused-ring (bicyclic) bond motifs is 1. The van der Waals surface area contributed by atoms with E-state index in [0.29, 0.717) is 25.6 Å². The predicted octanol–water partition coefficient (Wildman–Crippen LogP) is 5.47. The van der Waals surface area contributed by atoms with Gasteiger partial charge >= 0.3 is 0 Å². The summed E-state index contributed by atoms with van der Waals surface area (Å²) in [5, 5.41) is 1.86. The van der Waals surface area contributed by atoms with Crippen molar-refractivity contribution in [3.63, 3.8) is 0 Å². The Morgan fingerprint density at radius 2 is 1.90 bits per heavy atom. The molecule has 0 unspecified atom stereocenters. The monoisotopic (exact) mass is 367 g/mol. The van der Waals surface area contributed by atoms with Crippen LogP contribution < -0.4 is 0 Å². The average Bonchev–Trinajstić information content (AvgIpc) is 2.86. The molecule has 2 nitrogen and oxygen atoms in total. The summed E-state index contributed by atoms with van der Waals surface area (Å²) in [5.74, 6) is -0.0956. The molecule has 0 amide bonds. The van der Waals surface area contributed by atoms with Gasteiger partial charge in [-0.05, 0) is 46.3 Å². The number of carbonyl (C=O) groups is 1. The molecule has 0 atom stereocenters. The maximum Gasteiger partial charge on any atom is 0.195 e. The Kier molecular flexibility index (Phi) is 3.59. The van der Waals surface area contributed by atoms with Crippen LogP contribution in [0.4, 0.5) is 0 Å². The van der Waals surface area contributed by atoms with Crippen molar-refractivity contribution in [2.75, 3.05) is 0 Å². The van der Waals surface area contributed by atoms with Crippen molar-refractivity contribution in [1.82, 2.24) is 4.98 Å². The Morgan fingerprint density at radius 1 is 1.10 bits per heavy atom. The molecule has 0 saturated carbocycles. The van der Waals surface area contributed by atoms with E-state index in [1.807, 2.05) is 12.1 Å². The Morgan fingerprint density at radius 3 is 2.65 bits per heavy atom. The van der Waals surface area contributed by atoms with Crippen LogP contribution in [-0.2, 0) is 0 Å². The number of ketones is 1. The lowest BCUT2D eigenvalue weighted by molar-refractivity contribution is 0.104. The molecule has 5 heteroatoms. The van der Waals surface area contributed by atoms with Gasteiger partial charge in [0.2, 0.25) is 0 Å². The fraction of sp³-hybridized carbons (Fsp3) is 0. The van der Waals surface area contributed by atoms with Crippen molar-refractivity contribution in [1.29, 1.82) is 0 Å². The molecular formula is C15H8BrCl2NO. The van der Waals surface area contributed by atoms with Crippen LogP contribution in [-0.4, -0.2) is 10.8 Å². The highest BCUT2D eigenvalue weighted by atomic mass is 79.9. The number of hydrogen-bond acceptors (Lipinski definition) is 1. The molecule has 0 saturated heterocycles. The smallest absolute Gasteiger partial charge is 0.195 e. The number of benzene rings is 2. The van der Waals surface area contributed by atoms with Crippen molar-refractivity contribution in [3.05, 3.63) is 68.2 Å². The lowest BCUT2D eigenvalue weighted by atomic mass is 10.0.